The normalized spacial score (nSPS) is 10.3. The molecule has 0 saturated heterocycles. The highest BCUT2D eigenvalue weighted by Crippen LogP contribution is 2.28. The number of nitrogens with one attached hydrogen (secondary N) is 2. The summed E-state index contributed by atoms with van der Waals surface area (Å²) in [6.45, 7) is 9.64. The number of anilines is 1. The average Bonchev–Trinajstić information content (AvgIpc) is 2.61. The van der Waals surface area contributed by atoms with Crippen LogP contribution in [-0.2, 0) is 6.42 Å². The summed E-state index contributed by atoms with van der Waals surface area (Å²) in [5, 5.41) is 7.19. The summed E-state index contributed by atoms with van der Waals surface area (Å²) >= 11 is 5.42. The number of aryl methyl sites for hydroxylation is 3. The molecule has 0 unspecified atom stereocenters. The SMILES string of the molecule is CCOc1ccc(CCNC(=S)Nc2cc(C)c(C)cc2C)cc1OC. The standard InChI is InChI=1S/C21H28N2O2S/c1-6-25-19-8-7-17(13-20(19)24-5)9-10-22-21(26)23-18-12-15(3)14(2)11-16(18)4/h7-8,11-13H,6,9-10H2,1-5H3,(H2,22,23,26). The van der Waals surface area contributed by atoms with Crippen molar-refractivity contribution in [3.63, 3.8) is 0 Å². The Hall–Kier alpha value is -2.27. The fraction of sp³-hybridized carbons (Fsp3) is 0.381. The molecule has 4 nitrogen and oxygen atoms in total. The Morgan fingerprint density at radius 1 is 1.00 bits per heavy atom. The Balaban J connectivity index is 1.89. The predicted octanol–water partition coefficient (Wildman–Crippen LogP) is 4.55. The summed E-state index contributed by atoms with van der Waals surface area (Å²) in [7, 11) is 1.66. The molecule has 0 heterocycles. The molecule has 140 valence electrons. The van der Waals surface area contributed by atoms with E-state index in [4.69, 9.17) is 21.7 Å². The molecular formula is C21H28N2O2S. The molecular weight excluding hydrogens is 344 g/mol. The van der Waals surface area contributed by atoms with Crippen LogP contribution >= 0.6 is 12.2 Å². The fourth-order valence-corrected chi connectivity index (χ4v) is 2.94. The maximum Gasteiger partial charge on any atom is 0.170 e. The van der Waals surface area contributed by atoms with Gasteiger partial charge in [0.25, 0.3) is 0 Å². The third-order valence-corrected chi connectivity index (χ3v) is 4.56. The van der Waals surface area contributed by atoms with Gasteiger partial charge in [0.1, 0.15) is 0 Å². The zero-order valence-corrected chi connectivity index (χ0v) is 17.0. The highest BCUT2D eigenvalue weighted by molar-refractivity contribution is 7.80. The highest BCUT2D eigenvalue weighted by Gasteiger charge is 2.06. The molecule has 0 aliphatic carbocycles. The second-order valence-electron chi connectivity index (χ2n) is 6.30. The van der Waals surface area contributed by atoms with Crippen molar-refractivity contribution in [1.82, 2.24) is 5.32 Å². The number of benzene rings is 2. The number of rotatable bonds is 7. The van der Waals surface area contributed by atoms with E-state index >= 15 is 0 Å². The molecule has 0 spiro atoms. The topological polar surface area (TPSA) is 42.5 Å². The van der Waals surface area contributed by atoms with Gasteiger partial charge in [-0.25, -0.2) is 0 Å². The lowest BCUT2D eigenvalue weighted by molar-refractivity contribution is 0.310. The summed E-state index contributed by atoms with van der Waals surface area (Å²) in [5.74, 6) is 1.53. The molecule has 2 aromatic carbocycles. The van der Waals surface area contributed by atoms with Crippen LogP contribution in [0.15, 0.2) is 30.3 Å². The van der Waals surface area contributed by atoms with E-state index in [1.54, 1.807) is 7.11 Å². The van der Waals surface area contributed by atoms with Crippen molar-refractivity contribution < 1.29 is 9.47 Å². The molecule has 0 aromatic heterocycles. The van der Waals surface area contributed by atoms with Gasteiger partial charge in [-0.05, 0) is 86.8 Å². The molecule has 0 atom stereocenters. The minimum Gasteiger partial charge on any atom is -0.493 e. The molecule has 2 N–H and O–H groups in total. The maximum absolute atomic E-state index is 5.55. The van der Waals surface area contributed by atoms with Gasteiger partial charge in [-0.1, -0.05) is 12.1 Å². The van der Waals surface area contributed by atoms with Crippen LogP contribution in [0.2, 0.25) is 0 Å². The van der Waals surface area contributed by atoms with Crippen molar-refractivity contribution in [1.29, 1.82) is 0 Å². The third-order valence-electron chi connectivity index (χ3n) is 4.32. The van der Waals surface area contributed by atoms with Crippen molar-refractivity contribution >= 4 is 23.0 Å². The summed E-state index contributed by atoms with van der Waals surface area (Å²) in [4.78, 5) is 0. The molecule has 0 aliphatic rings. The molecule has 26 heavy (non-hydrogen) atoms. The number of ether oxygens (including phenoxy) is 2. The summed E-state index contributed by atoms with van der Waals surface area (Å²) in [6.07, 6.45) is 0.844. The fourth-order valence-electron chi connectivity index (χ4n) is 2.72. The van der Waals surface area contributed by atoms with Crippen LogP contribution in [0.1, 0.15) is 29.2 Å². The van der Waals surface area contributed by atoms with Crippen LogP contribution in [0, 0.1) is 20.8 Å². The van der Waals surface area contributed by atoms with E-state index in [-0.39, 0.29) is 0 Å². The molecule has 2 aromatic rings. The van der Waals surface area contributed by atoms with E-state index < -0.39 is 0 Å². The van der Waals surface area contributed by atoms with Gasteiger partial charge < -0.3 is 20.1 Å². The lowest BCUT2D eigenvalue weighted by Crippen LogP contribution is -2.30. The van der Waals surface area contributed by atoms with Crippen LogP contribution in [-0.4, -0.2) is 25.4 Å². The van der Waals surface area contributed by atoms with Crippen molar-refractivity contribution in [3.05, 3.63) is 52.6 Å². The third kappa shape index (κ3) is 5.36. The lowest BCUT2D eigenvalue weighted by atomic mass is 10.1. The van der Waals surface area contributed by atoms with Gasteiger partial charge in [-0.2, -0.15) is 0 Å². The minimum atomic E-state index is 0.620. The van der Waals surface area contributed by atoms with E-state index in [9.17, 15) is 0 Å². The van der Waals surface area contributed by atoms with E-state index in [2.05, 4.69) is 49.6 Å². The van der Waals surface area contributed by atoms with Gasteiger partial charge >= 0.3 is 0 Å². The molecule has 0 saturated carbocycles. The summed E-state index contributed by atoms with van der Waals surface area (Å²) in [5.41, 5.74) is 5.95. The Morgan fingerprint density at radius 3 is 2.42 bits per heavy atom. The molecule has 5 heteroatoms. The second-order valence-corrected chi connectivity index (χ2v) is 6.71. The molecule has 0 bridgehead atoms. The minimum absolute atomic E-state index is 0.620. The van der Waals surface area contributed by atoms with Crippen LogP contribution in [0.25, 0.3) is 0 Å². The molecule has 0 fully saturated rings. The van der Waals surface area contributed by atoms with E-state index in [0.717, 1.165) is 30.2 Å². The molecule has 2 rings (SSSR count). The average molecular weight is 373 g/mol. The van der Waals surface area contributed by atoms with E-state index in [1.807, 2.05) is 19.1 Å². The van der Waals surface area contributed by atoms with Crippen LogP contribution in [0.4, 0.5) is 5.69 Å². The van der Waals surface area contributed by atoms with Gasteiger partial charge in [-0.3, -0.25) is 0 Å². The van der Waals surface area contributed by atoms with Crippen molar-refractivity contribution in [2.45, 2.75) is 34.1 Å². The van der Waals surface area contributed by atoms with E-state index in [0.29, 0.717) is 11.7 Å². The zero-order chi connectivity index (χ0) is 19.1. The van der Waals surface area contributed by atoms with Crippen molar-refractivity contribution in [2.24, 2.45) is 0 Å². The van der Waals surface area contributed by atoms with Crippen LogP contribution in [0.5, 0.6) is 11.5 Å². The smallest absolute Gasteiger partial charge is 0.170 e. The Labute approximate surface area is 161 Å². The zero-order valence-electron chi connectivity index (χ0n) is 16.2. The number of methoxy groups -OCH3 is 1. The maximum atomic E-state index is 5.55. The predicted molar refractivity (Wildman–Crippen MR) is 113 cm³/mol. The Kier molecular flexibility index (Phi) is 7.27. The van der Waals surface area contributed by atoms with E-state index in [1.165, 1.54) is 22.3 Å². The number of hydrogen-bond donors (Lipinski definition) is 2. The highest BCUT2D eigenvalue weighted by atomic mass is 32.1. The summed E-state index contributed by atoms with van der Waals surface area (Å²) < 4.78 is 10.9. The van der Waals surface area contributed by atoms with Crippen LogP contribution < -0.4 is 20.1 Å². The molecule has 0 radical (unpaired) electrons. The van der Waals surface area contributed by atoms with Gasteiger partial charge in [0.2, 0.25) is 0 Å². The first-order valence-corrected chi connectivity index (χ1v) is 9.27. The largest absolute Gasteiger partial charge is 0.493 e. The van der Waals surface area contributed by atoms with Crippen molar-refractivity contribution in [3.8, 4) is 11.5 Å². The first-order valence-electron chi connectivity index (χ1n) is 8.87. The monoisotopic (exact) mass is 372 g/mol. The van der Waals surface area contributed by atoms with Crippen LogP contribution in [0.3, 0.4) is 0 Å². The molecule has 0 amide bonds. The Bertz CT molecular complexity index is 775. The Morgan fingerprint density at radius 2 is 1.73 bits per heavy atom. The number of hydrogen-bond acceptors (Lipinski definition) is 3. The first kappa shape index (κ1) is 20.0. The second kappa shape index (κ2) is 9.43. The quantitative estimate of drug-likeness (QED) is 0.698. The van der Waals surface area contributed by atoms with Gasteiger partial charge in [0, 0.05) is 12.2 Å². The van der Waals surface area contributed by atoms with Gasteiger partial charge in [-0.15, -0.1) is 0 Å². The summed E-state index contributed by atoms with van der Waals surface area (Å²) in [6, 6.07) is 10.3. The number of thiocarbonyl (C=S) groups is 1. The van der Waals surface area contributed by atoms with Crippen molar-refractivity contribution in [2.75, 3.05) is 25.6 Å². The molecule has 0 aliphatic heterocycles. The van der Waals surface area contributed by atoms with Gasteiger partial charge in [0.15, 0.2) is 16.6 Å². The lowest BCUT2D eigenvalue weighted by Gasteiger charge is -2.15. The first-order chi connectivity index (χ1) is 12.4. The van der Waals surface area contributed by atoms with Gasteiger partial charge in [0.05, 0.1) is 13.7 Å².